The number of aryl methyl sites for hydroxylation is 2. The molecule has 0 atom stereocenters. The zero-order chi connectivity index (χ0) is 23.6. The Morgan fingerprint density at radius 1 is 1.16 bits per heavy atom. The van der Waals surface area contributed by atoms with Crippen molar-refractivity contribution in [3.05, 3.63) is 22.8 Å². The number of hydrogen-bond acceptors (Lipinski definition) is 5. The van der Waals surface area contributed by atoms with Gasteiger partial charge in [0, 0.05) is 43.4 Å². The van der Waals surface area contributed by atoms with E-state index in [0.29, 0.717) is 61.6 Å². The Hall–Kier alpha value is -2.72. The van der Waals surface area contributed by atoms with E-state index in [1.54, 1.807) is 13.8 Å². The summed E-state index contributed by atoms with van der Waals surface area (Å²) in [6.45, 7) is 8.62. The fourth-order valence-electron chi connectivity index (χ4n) is 3.98. The van der Waals surface area contributed by atoms with Crippen LogP contribution >= 0.6 is 0 Å². The molecule has 0 bridgehead atoms. The lowest BCUT2D eigenvalue weighted by Gasteiger charge is -2.33. The summed E-state index contributed by atoms with van der Waals surface area (Å²) in [4.78, 5) is 34.1. The van der Waals surface area contributed by atoms with Crippen molar-refractivity contribution in [3.8, 4) is 0 Å². The zero-order valence-corrected chi connectivity index (χ0v) is 18.8. The maximum absolute atomic E-state index is 12.9. The smallest absolute Gasteiger partial charge is 0.353 e. The molecule has 176 valence electrons. The van der Waals surface area contributed by atoms with E-state index in [2.05, 4.69) is 20.4 Å². The molecule has 2 aromatic rings. The van der Waals surface area contributed by atoms with Gasteiger partial charge < -0.3 is 10.2 Å². The largest absolute Gasteiger partial charge is 0.453 e. The van der Waals surface area contributed by atoms with E-state index in [1.807, 2.05) is 18.7 Å². The number of hydrogen-bond donors (Lipinski definition) is 1. The second kappa shape index (κ2) is 9.41. The molecule has 2 amide bonds. The molecule has 3 rings (SSSR count). The number of nitrogens with one attached hydrogen (secondary N) is 1. The standard InChI is InChI=1S/C21H29F3N6O2/c1-12(2)11-18(32)29-9-7-15(8-10-29)26-17(31)6-5-16-13(3)25-20-27-19(21(22,23)24)28-30(20)14(16)4/h12,15H,5-11H2,1-4H3,(H,26,31). The van der Waals surface area contributed by atoms with Crippen LogP contribution < -0.4 is 5.32 Å². The molecular weight excluding hydrogens is 425 g/mol. The molecule has 11 heteroatoms. The van der Waals surface area contributed by atoms with Gasteiger partial charge in [0.2, 0.25) is 11.8 Å². The maximum Gasteiger partial charge on any atom is 0.453 e. The van der Waals surface area contributed by atoms with Crippen LogP contribution in [0.3, 0.4) is 0 Å². The lowest BCUT2D eigenvalue weighted by molar-refractivity contribution is -0.144. The number of aromatic nitrogens is 4. The zero-order valence-electron chi connectivity index (χ0n) is 18.8. The number of carbonyl (C=O) groups is 2. The highest BCUT2D eigenvalue weighted by Gasteiger charge is 2.37. The summed E-state index contributed by atoms with van der Waals surface area (Å²) in [5, 5.41) is 6.54. The molecule has 1 aliphatic rings. The molecule has 1 fully saturated rings. The molecule has 0 aromatic carbocycles. The van der Waals surface area contributed by atoms with E-state index in [1.165, 1.54) is 0 Å². The number of halogens is 3. The van der Waals surface area contributed by atoms with Crippen molar-refractivity contribution >= 4 is 17.6 Å². The van der Waals surface area contributed by atoms with Crippen molar-refractivity contribution in [1.29, 1.82) is 0 Å². The number of carbonyl (C=O) groups excluding carboxylic acids is 2. The van der Waals surface area contributed by atoms with Crippen LogP contribution in [0.15, 0.2) is 0 Å². The number of piperidine rings is 1. The number of amides is 2. The van der Waals surface area contributed by atoms with Crippen LogP contribution in [0.5, 0.6) is 0 Å². The summed E-state index contributed by atoms with van der Waals surface area (Å²) in [6.07, 6.45) is -2.18. The topological polar surface area (TPSA) is 92.5 Å². The lowest BCUT2D eigenvalue weighted by atomic mass is 10.0. The molecule has 1 aliphatic heterocycles. The molecule has 0 unspecified atom stereocenters. The van der Waals surface area contributed by atoms with Gasteiger partial charge >= 0.3 is 6.18 Å². The number of alkyl halides is 3. The number of likely N-dealkylation sites (tertiary alicyclic amines) is 1. The molecular formula is C21H29F3N6O2. The van der Waals surface area contributed by atoms with E-state index in [4.69, 9.17) is 0 Å². The second-order valence-corrected chi connectivity index (χ2v) is 8.73. The van der Waals surface area contributed by atoms with Gasteiger partial charge in [0.05, 0.1) is 0 Å². The number of nitrogens with zero attached hydrogens (tertiary/aromatic N) is 5. The summed E-state index contributed by atoms with van der Waals surface area (Å²) >= 11 is 0. The molecule has 0 spiro atoms. The first-order valence-electron chi connectivity index (χ1n) is 10.8. The SMILES string of the molecule is Cc1nc2nc(C(F)(F)F)nn2c(C)c1CCC(=O)NC1CCN(C(=O)CC(C)C)CC1. The van der Waals surface area contributed by atoms with Crippen LogP contribution in [0, 0.1) is 19.8 Å². The molecule has 1 N–H and O–H groups in total. The molecule has 0 saturated carbocycles. The predicted octanol–water partition coefficient (Wildman–Crippen LogP) is 2.85. The van der Waals surface area contributed by atoms with Crippen LogP contribution in [-0.4, -0.2) is 55.4 Å². The Kier molecular flexibility index (Phi) is 7.04. The Morgan fingerprint density at radius 3 is 2.41 bits per heavy atom. The lowest BCUT2D eigenvalue weighted by Crippen LogP contribution is -2.46. The van der Waals surface area contributed by atoms with Gasteiger partial charge in [-0.15, -0.1) is 5.10 Å². The van der Waals surface area contributed by atoms with Gasteiger partial charge in [-0.25, -0.2) is 9.50 Å². The van der Waals surface area contributed by atoms with Gasteiger partial charge in [0.1, 0.15) is 0 Å². The summed E-state index contributed by atoms with van der Waals surface area (Å²) < 4.78 is 39.8. The van der Waals surface area contributed by atoms with Crippen molar-refractivity contribution in [2.24, 2.45) is 5.92 Å². The van der Waals surface area contributed by atoms with Crippen LogP contribution in [0.4, 0.5) is 13.2 Å². The second-order valence-electron chi connectivity index (χ2n) is 8.73. The highest BCUT2D eigenvalue weighted by molar-refractivity contribution is 5.77. The van der Waals surface area contributed by atoms with Gasteiger partial charge in [0.15, 0.2) is 0 Å². The molecule has 8 nitrogen and oxygen atoms in total. The normalized spacial score (nSPS) is 15.6. The van der Waals surface area contributed by atoms with Crippen molar-refractivity contribution in [3.63, 3.8) is 0 Å². The third kappa shape index (κ3) is 5.55. The van der Waals surface area contributed by atoms with E-state index in [-0.39, 0.29) is 30.1 Å². The minimum atomic E-state index is -4.65. The summed E-state index contributed by atoms with van der Waals surface area (Å²) in [5.74, 6) is -1.01. The van der Waals surface area contributed by atoms with Gasteiger partial charge in [-0.05, 0) is 44.6 Å². The average molecular weight is 454 g/mol. The molecule has 0 aliphatic carbocycles. The van der Waals surface area contributed by atoms with E-state index < -0.39 is 12.0 Å². The summed E-state index contributed by atoms with van der Waals surface area (Å²) in [6, 6.07) is 0.0121. The highest BCUT2D eigenvalue weighted by atomic mass is 19.4. The molecule has 32 heavy (non-hydrogen) atoms. The number of fused-ring (bicyclic) bond motifs is 1. The molecule has 1 saturated heterocycles. The van der Waals surface area contributed by atoms with E-state index in [0.717, 1.165) is 4.52 Å². The summed E-state index contributed by atoms with van der Waals surface area (Å²) in [7, 11) is 0. The van der Waals surface area contributed by atoms with Crippen molar-refractivity contribution in [1.82, 2.24) is 29.8 Å². The van der Waals surface area contributed by atoms with Crippen molar-refractivity contribution < 1.29 is 22.8 Å². The molecule has 3 heterocycles. The van der Waals surface area contributed by atoms with Crippen molar-refractivity contribution in [2.45, 2.75) is 72.0 Å². The van der Waals surface area contributed by atoms with Crippen LogP contribution in [0.1, 0.15) is 62.3 Å². The quantitative estimate of drug-likeness (QED) is 0.725. The Bertz CT molecular complexity index is 994. The van der Waals surface area contributed by atoms with E-state index in [9.17, 15) is 22.8 Å². The Labute approximate surface area is 184 Å². The van der Waals surface area contributed by atoms with Crippen LogP contribution in [0.2, 0.25) is 0 Å². The fraction of sp³-hybridized carbons (Fsp3) is 0.667. The first-order chi connectivity index (χ1) is 15.0. The number of rotatable bonds is 6. The molecule has 0 radical (unpaired) electrons. The minimum absolute atomic E-state index is 0.0121. The monoisotopic (exact) mass is 454 g/mol. The third-order valence-electron chi connectivity index (χ3n) is 5.70. The minimum Gasteiger partial charge on any atom is -0.353 e. The van der Waals surface area contributed by atoms with Gasteiger partial charge in [-0.1, -0.05) is 13.8 Å². The first-order valence-corrected chi connectivity index (χ1v) is 10.8. The summed E-state index contributed by atoms with van der Waals surface area (Å²) in [5.41, 5.74) is 1.70. The van der Waals surface area contributed by atoms with Gasteiger partial charge in [0.25, 0.3) is 11.6 Å². The van der Waals surface area contributed by atoms with Crippen LogP contribution in [0.25, 0.3) is 5.78 Å². The molecule has 2 aromatic heterocycles. The van der Waals surface area contributed by atoms with Crippen molar-refractivity contribution in [2.75, 3.05) is 13.1 Å². The van der Waals surface area contributed by atoms with E-state index >= 15 is 0 Å². The third-order valence-corrected chi connectivity index (χ3v) is 5.70. The van der Waals surface area contributed by atoms with Gasteiger partial charge in [-0.3, -0.25) is 9.59 Å². The van der Waals surface area contributed by atoms with Crippen LogP contribution in [-0.2, 0) is 22.2 Å². The maximum atomic E-state index is 12.9. The first kappa shape index (κ1) is 23.9. The Balaban J connectivity index is 1.57. The predicted molar refractivity (Wildman–Crippen MR) is 111 cm³/mol. The van der Waals surface area contributed by atoms with Gasteiger partial charge in [-0.2, -0.15) is 18.2 Å². The highest BCUT2D eigenvalue weighted by Crippen LogP contribution is 2.27. The Morgan fingerprint density at radius 2 is 1.81 bits per heavy atom. The fourth-order valence-corrected chi connectivity index (χ4v) is 3.98. The average Bonchev–Trinajstić information content (AvgIpc) is 3.12.